The molecule has 1 aromatic heterocycles. The molecule has 1 aromatic rings. The fraction of sp³-hybridized carbons (Fsp3) is 0. The highest BCUT2D eigenvalue weighted by atomic mass is 15.3. The lowest BCUT2D eigenvalue weighted by Crippen LogP contribution is -1.79. The fourth-order valence-electron chi connectivity index (χ4n) is 0.332. The molecule has 5 heteroatoms. The molecule has 0 fully saturated rings. The average molecular weight is 109 g/mol. The molecule has 0 unspecified atom stereocenters. The van der Waals surface area contributed by atoms with E-state index >= 15 is 0 Å². The van der Waals surface area contributed by atoms with Crippen LogP contribution in [0.25, 0.3) is 5.53 Å². The van der Waals surface area contributed by atoms with E-state index in [4.69, 9.17) is 5.53 Å². The van der Waals surface area contributed by atoms with Crippen molar-refractivity contribution in [1.82, 2.24) is 15.4 Å². The Balaban J connectivity index is 2.93. The molecule has 0 amide bonds. The molecular formula is C3H3N5. The van der Waals surface area contributed by atoms with Gasteiger partial charge in [-0.1, -0.05) is 0 Å². The summed E-state index contributed by atoms with van der Waals surface area (Å²) in [6.45, 7) is 0. The summed E-state index contributed by atoms with van der Waals surface area (Å²) in [5.41, 5.74) is 8.43. The number of nitrogens with zero attached hydrogens (tertiary/aromatic N) is 4. The van der Waals surface area contributed by atoms with Crippen molar-refractivity contribution in [2.24, 2.45) is 0 Å². The molecule has 0 spiro atoms. The lowest BCUT2D eigenvalue weighted by molar-refractivity contribution is 0.00426. The number of H-pyrrole nitrogens is 1. The Morgan fingerprint density at radius 3 is 3.25 bits per heavy atom. The first-order valence-corrected chi connectivity index (χ1v) is 1.96. The van der Waals surface area contributed by atoms with Crippen molar-refractivity contribution in [3.8, 4) is 0 Å². The Bertz CT molecular complexity index is 193. The summed E-state index contributed by atoms with van der Waals surface area (Å²) in [5, 5.41) is 9.38. The number of rotatable bonds is 1. The molecule has 5 nitrogen and oxygen atoms in total. The summed E-state index contributed by atoms with van der Waals surface area (Å²) < 4.78 is 0. The van der Waals surface area contributed by atoms with Gasteiger partial charge in [-0.2, -0.15) is 15.1 Å². The monoisotopic (exact) mass is 109 g/mol. The molecule has 1 heterocycles. The van der Waals surface area contributed by atoms with Crippen molar-refractivity contribution < 1.29 is 4.79 Å². The molecule has 0 saturated carbocycles. The largest absolute Gasteiger partial charge is 0.361 e. The number of aromatic amines is 1. The van der Waals surface area contributed by atoms with Crippen LogP contribution in [0.1, 0.15) is 5.69 Å². The van der Waals surface area contributed by atoms with E-state index in [1.54, 1.807) is 0 Å². The van der Waals surface area contributed by atoms with Gasteiger partial charge in [-0.3, -0.25) is 0 Å². The molecule has 0 aliphatic heterocycles. The number of hydrogen-bond donors (Lipinski definition) is 1. The predicted molar refractivity (Wildman–Crippen MR) is 25.2 cm³/mol. The second-order valence-electron chi connectivity index (χ2n) is 1.14. The van der Waals surface area contributed by atoms with Gasteiger partial charge in [0.05, 0.1) is 6.20 Å². The number of hydrogen-bond acceptors (Lipinski definition) is 2. The molecule has 8 heavy (non-hydrogen) atoms. The highest BCUT2D eigenvalue weighted by Gasteiger charge is 1.90. The van der Waals surface area contributed by atoms with E-state index in [9.17, 15) is 0 Å². The van der Waals surface area contributed by atoms with Crippen LogP contribution in [-0.2, 0) is 0 Å². The second-order valence-corrected chi connectivity index (χ2v) is 1.14. The Labute approximate surface area is 45.0 Å². The van der Waals surface area contributed by atoms with Crippen molar-refractivity contribution in [2.45, 2.75) is 0 Å². The van der Waals surface area contributed by atoms with Gasteiger partial charge in [0, 0.05) is 0 Å². The molecule has 0 aromatic carbocycles. The van der Waals surface area contributed by atoms with Crippen LogP contribution in [0, 0.1) is 0 Å². The summed E-state index contributed by atoms with van der Waals surface area (Å²) >= 11 is 0. The van der Waals surface area contributed by atoms with E-state index in [0.717, 1.165) is 0 Å². The number of aromatic nitrogens is 3. The topological polar surface area (TPSA) is 78.0 Å². The molecule has 0 aliphatic carbocycles. The SMILES string of the molecule is [N-]=[N+]=Cc1cn[nH]n1. The molecule has 0 radical (unpaired) electrons. The van der Waals surface area contributed by atoms with Gasteiger partial charge in [0.15, 0.2) is 5.69 Å². The van der Waals surface area contributed by atoms with Gasteiger partial charge in [-0.05, 0) is 0 Å². The Hall–Kier alpha value is -1.48. The number of nitrogens with one attached hydrogen (secondary N) is 1. The molecule has 0 bridgehead atoms. The first-order valence-electron chi connectivity index (χ1n) is 1.96. The van der Waals surface area contributed by atoms with Crippen molar-refractivity contribution in [3.05, 3.63) is 17.4 Å². The van der Waals surface area contributed by atoms with Crippen LogP contribution in [0.15, 0.2) is 6.20 Å². The zero-order valence-electron chi connectivity index (χ0n) is 3.94. The average Bonchev–Trinajstić information content (AvgIpc) is 2.19. The van der Waals surface area contributed by atoms with Crippen LogP contribution in [0.2, 0.25) is 0 Å². The maximum Gasteiger partial charge on any atom is 0.309 e. The van der Waals surface area contributed by atoms with E-state index in [1.807, 2.05) is 0 Å². The van der Waals surface area contributed by atoms with Crippen LogP contribution in [0.5, 0.6) is 0 Å². The van der Waals surface area contributed by atoms with E-state index in [0.29, 0.717) is 5.69 Å². The van der Waals surface area contributed by atoms with Crippen LogP contribution < -0.4 is 0 Å². The zero-order chi connectivity index (χ0) is 5.82. The van der Waals surface area contributed by atoms with E-state index in [-0.39, 0.29) is 0 Å². The van der Waals surface area contributed by atoms with Gasteiger partial charge in [0.1, 0.15) is 0 Å². The van der Waals surface area contributed by atoms with Gasteiger partial charge in [0.25, 0.3) is 0 Å². The van der Waals surface area contributed by atoms with E-state index in [2.05, 4.69) is 20.2 Å². The van der Waals surface area contributed by atoms with Crippen LogP contribution in [0.3, 0.4) is 0 Å². The summed E-state index contributed by atoms with van der Waals surface area (Å²) in [6.07, 6.45) is 2.63. The van der Waals surface area contributed by atoms with E-state index in [1.165, 1.54) is 12.4 Å². The van der Waals surface area contributed by atoms with Gasteiger partial charge in [0.2, 0.25) is 0 Å². The highest BCUT2D eigenvalue weighted by Crippen LogP contribution is 1.76. The third-order valence-electron chi connectivity index (χ3n) is 0.624. The second kappa shape index (κ2) is 1.99. The van der Waals surface area contributed by atoms with Gasteiger partial charge >= 0.3 is 6.21 Å². The minimum absolute atomic E-state index is 0.507. The quantitative estimate of drug-likeness (QED) is 0.298. The molecular weight excluding hydrogens is 106 g/mol. The van der Waals surface area contributed by atoms with Crippen molar-refractivity contribution in [1.29, 1.82) is 0 Å². The Kier molecular flexibility index (Phi) is 1.16. The van der Waals surface area contributed by atoms with Crippen LogP contribution >= 0.6 is 0 Å². The molecule has 0 atom stereocenters. The maximum absolute atomic E-state index is 7.93. The van der Waals surface area contributed by atoms with Crippen LogP contribution in [-0.4, -0.2) is 26.4 Å². The molecule has 1 N–H and O–H groups in total. The normalized spacial score (nSPS) is 8.00. The van der Waals surface area contributed by atoms with Gasteiger partial charge < -0.3 is 5.53 Å². The van der Waals surface area contributed by atoms with Crippen molar-refractivity contribution >= 4 is 6.21 Å². The Morgan fingerprint density at radius 1 is 1.88 bits per heavy atom. The van der Waals surface area contributed by atoms with Gasteiger partial charge in [-0.25, -0.2) is 0 Å². The molecule has 40 valence electrons. The summed E-state index contributed by atoms with van der Waals surface area (Å²) in [7, 11) is 0. The molecule has 1 rings (SSSR count). The lowest BCUT2D eigenvalue weighted by atomic mass is 10.5. The third-order valence-corrected chi connectivity index (χ3v) is 0.624. The third kappa shape index (κ3) is 0.772. The van der Waals surface area contributed by atoms with Crippen molar-refractivity contribution in [2.75, 3.05) is 0 Å². The smallest absolute Gasteiger partial charge is 0.309 e. The molecule has 0 aliphatic rings. The standard InChI is InChI=1S/C3H3N5/c4-5-1-3-2-6-8-7-3/h1-2H,(H,6,7,8). The maximum atomic E-state index is 7.93. The molecule has 0 saturated heterocycles. The fourth-order valence-corrected chi connectivity index (χ4v) is 0.332. The van der Waals surface area contributed by atoms with Crippen molar-refractivity contribution in [3.63, 3.8) is 0 Å². The van der Waals surface area contributed by atoms with Gasteiger partial charge in [-0.15, -0.1) is 5.10 Å². The minimum atomic E-state index is 0.507. The zero-order valence-corrected chi connectivity index (χ0v) is 3.94. The Morgan fingerprint density at radius 2 is 2.75 bits per heavy atom. The lowest BCUT2D eigenvalue weighted by Gasteiger charge is -1.60. The summed E-state index contributed by atoms with van der Waals surface area (Å²) in [4.78, 5) is 2.73. The first-order chi connectivity index (χ1) is 3.93. The van der Waals surface area contributed by atoms with Crippen LogP contribution in [0.4, 0.5) is 0 Å². The highest BCUT2D eigenvalue weighted by molar-refractivity contribution is 5.70. The first kappa shape index (κ1) is 4.67. The summed E-state index contributed by atoms with van der Waals surface area (Å²) in [6, 6.07) is 0. The summed E-state index contributed by atoms with van der Waals surface area (Å²) in [5.74, 6) is 0. The minimum Gasteiger partial charge on any atom is -0.361 e. The predicted octanol–water partition coefficient (Wildman–Crippen LogP) is -0.547. The van der Waals surface area contributed by atoms with E-state index < -0.39 is 0 Å².